The molecule has 0 unspecified atom stereocenters. The van der Waals surface area contributed by atoms with Crippen molar-refractivity contribution in [2.45, 2.75) is 18.0 Å². The topological polar surface area (TPSA) is 83.9 Å². The second-order valence-corrected chi connectivity index (χ2v) is 5.75. The van der Waals surface area contributed by atoms with Gasteiger partial charge in [0.05, 0.1) is 12.7 Å². The summed E-state index contributed by atoms with van der Waals surface area (Å²) in [5.41, 5.74) is 0. The van der Waals surface area contributed by atoms with Crippen molar-refractivity contribution in [3.05, 3.63) is 30.6 Å². The van der Waals surface area contributed by atoms with E-state index in [2.05, 4.69) is 15.2 Å². The molecule has 1 aliphatic heterocycles. The second-order valence-electron chi connectivity index (χ2n) is 3.81. The fourth-order valence-corrected chi connectivity index (χ4v) is 3.18. The molecule has 1 N–H and O–H groups in total. The molecule has 0 amide bonds. The van der Waals surface area contributed by atoms with Gasteiger partial charge in [0.2, 0.25) is 10.0 Å². The number of nitrogens with zero attached hydrogens (tertiary/aromatic N) is 4. The maximum absolute atomic E-state index is 12.2. The lowest BCUT2D eigenvalue weighted by Gasteiger charge is -2.26. The number of rotatable bonds is 2. The van der Waals surface area contributed by atoms with Gasteiger partial charge in [-0.3, -0.25) is 5.10 Å². The van der Waals surface area contributed by atoms with Gasteiger partial charge in [-0.25, -0.2) is 13.4 Å². The zero-order valence-corrected chi connectivity index (χ0v) is 9.76. The Labute approximate surface area is 98.1 Å². The molecule has 0 saturated heterocycles. The zero-order chi connectivity index (χ0) is 11.9. The molecule has 0 spiro atoms. The lowest BCUT2D eigenvalue weighted by molar-refractivity contribution is 0.335. The van der Waals surface area contributed by atoms with Gasteiger partial charge in [-0.1, -0.05) is 0 Å². The third-order valence-electron chi connectivity index (χ3n) is 2.82. The first-order valence-corrected chi connectivity index (χ1v) is 6.61. The van der Waals surface area contributed by atoms with Gasteiger partial charge < -0.3 is 4.57 Å². The van der Waals surface area contributed by atoms with Crippen LogP contribution in [0.3, 0.4) is 0 Å². The highest BCUT2D eigenvalue weighted by Gasteiger charge is 2.29. The Morgan fingerprint density at radius 3 is 3.00 bits per heavy atom. The third-order valence-corrected chi connectivity index (χ3v) is 4.63. The summed E-state index contributed by atoms with van der Waals surface area (Å²) < 4.78 is 27.8. The third kappa shape index (κ3) is 1.65. The molecule has 2 aromatic heterocycles. The average Bonchev–Trinajstić information content (AvgIpc) is 2.99. The number of sulfonamides is 1. The molecule has 0 aliphatic carbocycles. The molecule has 90 valence electrons. The van der Waals surface area contributed by atoms with Crippen LogP contribution in [-0.2, 0) is 23.1 Å². The number of aromatic nitrogens is 4. The summed E-state index contributed by atoms with van der Waals surface area (Å²) in [6.45, 7) is 1.39. The van der Waals surface area contributed by atoms with Crippen LogP contribution in [0.4, 0.5) is 0 Å². The smallest absolute Gasteiger partial charge is 0.246 e. The Morgan fingerprint density at radius 1 is 1.35 bits per heavy atom. The molecule has 0 saturated carbocycles. The Hall–Kier alpha value is -1.67. The molecule has 0 bridgehead atoms. The van der Waals surface area contributed by atoms with Crippen LogP contribution in [0, 0.1) is 0 Å². The predicted octanol–water partition coefficient (Wildman–Crippen LogP) is -0.189. The summed E-state index contributed by atoms with van der Waals surface area (Å²) in [4.78, 5) is 4.33. The van der Waals surface area contributed by atoms with E-state index in [4.69, 9.17) is 0 Å². The minimum Gasteiger partial charge on any atom is -0.333 e. The normalized spacial score (nSPS) is 16.9. The van der Waals surface area contributed by atoms with E-state index >= 15 is 0 Å². The van der Waals surface area contributed by atoms with Gasteiger partial charge >= 0.3 is 0 Å². The van der Waals surface area contributed by atoms with E-state index in [-0.39, 0.29) is 4.90 Å². The van der Waals surface area contributed by atoms with Crippen molar-refractivity contribution in [2.24, 2.45) is 0 Å². The minimum atomic E-state index is -3.45. The van der Waals surface area contributed by atoms with Crippen LogP contribution in [0.25, 0.3) is 0 Å². The predicted molar refractivity (Wildman–Crippen MR) is 58.4 cm³/mol. The molecule has 3 heterocycles. The van der Waals surface area contributed by atoms with Crippen molar-refractivity contribution >= 4 is 10.0 Å². The van der Waals surface area contributed by atoms with Crippen LogP contribution in [0.1, 0.15) is 5.82 Å². The Bertz CT molecular complexity index is 616. The Morgan fingerprint density at radius 2 is 2.24 bits per heavy atom. The first kappa shape index (κ1) is 10.5. The molecule has 17 heavy (non-hydrogen) atoms. The minimum absolute atomic E-state index is 0.192. The van der Waals surface area contributed by atoms with E-state index in [1.807, 2.05) is 10.8 Å². The van der Waals surface area contributed by atoms with E-state index in [9.17, 15) is 8.42 Å². The quantitative estimate of drug-likeness (QED) is 0.804. The first-order chi connectivity index (χ1) is 8.18. The van der Waals surface area contributed by atoms with Gasteiger partial charge in [0.1, 0.15) is 10.7 Å². The maximum atomic E-state index is 12.2. The van der Waals surface area contributed by atoms with Crippen LogP contribution in [0.15, 0.2) is 29.7 Å². The number of hydrogen-bond acceptors (Lipinski definition) is 4. The van der Waals surface area contributed by atoms with Crippen molar-refractivity contribution in [1.29, 1.82) is 0 Å². The summed E-state index contributed by atoms with van der Waals surface area (Å²) in [5, 5.41) is 6.18. The van der Waals surface area contributed by atoms with Gasteiger partial charge in [-0.05, 0) is 0 Å². The van der Waals surface area contributed by atoms with Crippen molar-refractivity contribution in [2.75, 3.05) is 6.54 Å². The van der Waals surface area contributed by atoms with Crippen LogP contribution >= 0.6 is 0 Å². The molecule has 3 rings (SSSR count). The maximum Gasteiger partial charge on any atom is 0.246 e. The summed E-state index contributed by atoms with van der Waals surface area (Å²) in [6.07, 6.45) is 6.24. The lowest BCUT2D eigenvalue weighted by atomic mass is 10.4. The summed E-state index contributed by atoms with van der Waals surface area (Å²) in [5.74, 6) is 0.767. The number of imidazole rings is 1. The van der Waals surface area contributed by atoms with Gasteiger partial charge in [0.15, 0.2) is 0 Å². The molecule has 0 fully saturated rings. The largest absolute Gasteiger partial charge is 0.333 e. The molecule has 7 nitrogen and oxygen atoms in total. The molecule has 8 heteroatoms. The molecule has 0 atom stereocenters. The lowest BCUT2D eigenvalue weighted by Crippen LogP contribution is -2.38. The summed E-state index contributed by atoms with van der Waals surface area (Å²) >= 11 is 0. The van der Waals surface area contributed by atoms with Crippen molar-refractivity contribution in [3.8, 4) is 0 Å². The molecular formula is C9H11N5O2S. The van der Waals surface area contributed by atoms with Gasteiger partial charge in [0, 0.05) is 31.7 Å². The number of nitrogens with one attached hydrogen (secondary N) is 1. The number of H-pyrrole nitrogens is 1. The van der Waals surface area contributed by atoms with Crippen LogP contribution in [0.5, 0.6) is 0 Å². The van der Waals surface area contributed by atoms with Crippen LogP contribution in [-0.4, -0.2) is 39.0 Å². The Balaban J connectivity index is 1.93. The average molecular weight is 253 g/mol. The van der Waals surface area contributed by atoms with E-state index in [0.717, 1.165) is 5.82 Å². The molecule has 2 aromatic rings. The second kappa shape index (κ2) is 3.67. The van der Waals surface area contributed by atoms with Crippen molar-refractivity contribution in [3.63, 3.8) is 0 Å². The number of fused-ring (bicyclic) bond motifs is 1. The van der Waals surface area contributed by atoms with E-state index < -0.39 is 10.0 Å². The number of hydrogen-bond donors (Lipinski definition) is 1. The molecule has 1 aliphatic rings. The van der Waals surface area contributed by atoms with E-state index in [1.54, 1.807) is 6.20 Å². The van der Waals surface area contributed by atoms with Gasteiger partial charge in [-0.2, -0.15) is 9.40 Å². The zero-order valence-electron chi connectivity index (χ0n) is 8.94. The van der Waals surface area contributed by atoms with Crippen molar-refractivity contribution < 1.29 is 8.42 Å². The fraction of sp³-hybridized carbons (Fsp3) is 0.333. The van der Waals surface area contributed by atoms with E-state index in [0.29, 0.717) is 19.6 Å². The van der Waals surface area contributed by atoms with Crippen LogP contribution < -0.4 is 0 Å². The summed E-state index contributed by atoms with van der Waals surface area (Å²) in [6, 6.07) is 0. The van der Waals surface area contributed by atoms with E-state index in [1.165, 1.54) is 16.7 Å². The molecular weight excluding hydrogens is 242 g/mol. The standard InChI is InChI=1S/C9H11N5O2S/c15-17(16,8-5-11-12-6-8)14-4-3-13-2-1-10-9(13)7-14/h1-2,5-6H,3-4,7H2,(H,11,12). The van der Waals surface area contributed by atoms with Crippen molar-refractivity contribution in [1.82, 2.24) is 24.1 Å². The van der Waals surface area contributed by atoms with Gasteiger partial charge in [-0.15, -0.1) is 0 Å². The van der Waals surface area contributed by atoms with Gasteiger partial charge in [0.25, 0.3) is 0 Å². The Kier molecular flexibility index (Phi) is 2.26. The van der Waals surface area contributed by atoms with Crippen LogP contribution in [0.2, 0.25) is 0 Å². The number of aromatic amines is 1. The highest BCUT2D eigenvalue weighted by Crippen LogP contribution is 2.19. The molecule has 0 aromatic carbocycles. The summed E-state index contributed by atoms with van der Waals surface area (Å²) in [7, 11) is -3.45. The first-order valence-electron chi connectivity index (χ1n) is 5.17. The molecule has 0 radical (unpaired) electrons. The highest BCUT2D eigenvalue weighted by molar-refractivity contribution is 7.89. The SMILES string of the molecule is O=S(=O)(c1cn[nH]c1)N1CCn2ccnc2C1. The fourth-order valence-electron chi connectivity index (χ4n) is 1.89. The highest BCUT2D eigenvalue weighted by atomic mass is 32.2. The monoisotopic (exact) mass is 253 g/mol.